The van der Waals surface area contributed by atoms with E-state index in [1.54, 1.807) is 24.3 Å². The highest BCUT2D eigenvalue weighted by Gasteiger charge is 2.21. The molecule has 0 aliphatic rings. The van der Waals surface area contributed by atoms with E-state index in [0.29, 0.717) is 15.3 Å². The zero-order valence-electron chi connectivity index (χ0n) is 12.6. The first kappa shape index (κ1) is 14.0. The Labute approximate surface area is 134 Å². The average Bonchev–Trinajstić information content (AvgIpc) is 2.93. The zero-order chi connectivity index (χ0) is 16.0. The number of sulfone groups is 1. The van der Waals surface area contributed by atoms with Crippen molar-refractivity contribution in [3.8, 4) is 0 Å². The van der Waals surface area contributed by atoms with Crippen LogP contribution >= 0.6 is 0 Å². The van der Waals surface area contributed by atoms with Crippen molar-refractivity contribution in [3.05, 3.63) is 72.3 Å². The van der Waals surface area contributed by atoms with Crippen molar-refractivity contribution in [2.45, 2.75) is 16.7 Å². The van der Waals surface area contributed by atoms with Crippen LogP contribution in [-0.4, -0.2) is 13.4 Å². The van der Waals surface area contributed by atoms with Crippen LogP contribution in [0.25, 0.3) is 21.8 Å². The maximum Gasteiger partial charge on any atom is 0.208 e. The number of aromatic nitrogens is 1. The van der Waals surface area contributed by atoms with Crippen molar-refractivity contribution >= 4 is 31.6 Å². The summed E-state index contributed by atoms with van der Waals surface area (Å²) in [4.78, 5) is 3.88. The largest absolute Gasteiger partial charge is 0.353 e. The Hall–Kier alpha value is -2.59. The molecular formula is C19H15NO2S. The second-order valence-corrected chi connectivity index (χ2v) is 7.58. The van der Waals surface area contributed by atoms with E-state index in [4.69, 9.17) is 0 Å². The van der Waals surface area contributed by atoms with Crippen molar-refractivity contribution in [2.75, 3.05) is 0 Å². The van der Waals surface area contributed by atoms with Gasteiger partial charge in [0, 0.05) is 16.3 Å². The monoisotopic (exact) mass is 321 g/mol. The molecule has 1 aromatic heterocycles. The highest BCUT2D eigenvalue weighted by Crippen LogP contribution is 2.32. The van der Waals surface area contributed by atoms with Crippen LogP contribution in [0.15, 0.2) is 76.5 Å². The molecule has 1 heterocycles. The highest BCUT2D eigenvalue weighted by molar-refractivity contribution is 7.91. The quantitative estimate of drug-likeness (QED) is 0.592. The van der Waals surface area contributed by atoms with Crippen LogP contribution in [0.2, 0.25) is 0 Å². The molecule has 4 rings (SSSR count). The summed E-state index contributed by atoms with van der Waals surface area (Å²) in [5, 5.41) is 1.96. The van der Waals surface area contributed by atoms with E-state index in [2.05, 4.69) is 4.98 Å². The van der Waals surface area contributed by atoms with Crippen molar-refractivity contribution in [1.82, 2.24) is 4.98 Å². The molecule has 0 aliphatic carbocycles. The third-order valence-corrected chi connectivity index (χ3v) is 5.94. The molecule has 0 spiro atoms. The summed E-state index contributed by atoms with van der Waals surface area (Å²) >= 11 is 0. The van der Waals surface area contributed by atoms with Crippen molar-refractivity contribution < 1.29 is 8.42 Å². The van der Waals surface area contributed by atoms with Crippen molar-refractivity contribution in [3.63, 3.8) is 0 Å². The Morgan fingerprint density at radius 1 is 0.783 bits per heavy atom. The lowest BCUT2D eigenvalue weighted by atomic mass is 10.1. The number of hydrogen-bond donors (Lipinski definition) is 1. The van der Waals surface area contributed by atoms with E-state index in [0.717, 1.165) is 21.9 Å². The number of aromatic amines is 1. The smallest absolute Gasteiger partial charge is 0.208 e. The van der Waals surface area contributed by atoms with Gasteiger partial charge in [-0.2, -0.15) is 0 Å². The molecule has 0 radical (unpaired) electrons. The first-order valence-electron chi connectivity index (χ1n) is 7.38. The molecule has 0 saturated carbocycles. The standard InChI is InChI=1S/C19H15NO2S/c1-13-9-11-14(12-10-13)23(21,22)18-8-4-6-16-15-5-2-3-7-17(15)20-19(16)18/h2-12,20H,1H3. The van der Waals surface area contributed by atoms with Crippen LogP contribution in [0, 0.1) is 6.92 Å². The lowest BCUT2D eigenvalue weighted by Gasteiger charge is -2.06. The molecule has 114 valence electrons. The highest BCUT2D eigenvalue weighted by atomic mass is 32.2. The van der Waals surface area contributed by atoms with Gasteiger partial charge >= 0.3 is 0 Å². The number of para-hydroxylation sites is 2. The predicted molar refractivity (Wildman–Crippen MR) is 92.4 cm³/mol. The maximum absolute atomic E-state index is 13.0. The van der Waals surface area contributed by atoms with E-state index >= 15 is 0 Å². The summed E-state index contributed by atoms with van der Waals surface area (Å²) in [6.45, 7) is 1.94. The number of H-pyrrole nitrogens is 1. The van der Waals surface area contributed by atoms with Gasteiger partial charge < -0.3 is 4.98 Å². The molecule has 0 aliphatic heterocycles. The Morgan fingerprint density at radius 2 is 1.48 bits per heavy atom. The molecule has 3 nitrogen and oxygen atoms in total. The first-order valence-corrected chi connectivity index (χ1v) is 8.87. The van der Waals surface area contributed by atoms with Crippen LogP contribution < -0.4 is 0 Å². The summed E-state index contributed by atoms with van der Waals surface area (Å²) in [6.07, 6.45) is 0. The molecule has 0 unspecified atom stereocenters. The second kappa shape index (κ2) is 4.96. The van der Waals surface area contributed by atoms with Crippen LogP contribution in [0.5, 0.6) is 0 Å². The van der Waals surface area contributed by atoms with Gasteiger partial charge in [-0.3, -0.25) is 0 Å². The molecule has 0 atom stereocenters. The van der Waals surface area contributed by atoms with E-state index < -0.39 is 9.84 Å². The lowest BCUT2D eigenvalue weighted by Crippen LogP contribution is -2.02. The van der Waals surface area contributed by atoms with Crippen LogP contribution in [0.3, 0.4) is 0 Å². The number of hydrogen-bond acceptors (Lipinski definition) is 2. The van der Waals surface area contributed by atoms with Gasteiger partial charge in [-0.15, -0.1) is 0 Å². The number of rotatable bonds is 2. The number of benzene rings is 3. The minimum Gasteiger partial charge on any atom is -0.353 e. The Bertz CT molecular complexity index is 1120. The Morgan fingerprint density at radius 3 is 2.26 bits per heavy atom. The van der Waals surface area contributed by atoms with E-state index in [1.165, 1.54) is 0 Å². The predicted octanol–water partition coefficient (Wildman–Crippen LogP) is 4.46. The summed E-state index contributed by atoms with van der Waals surface area (Å²) in [5.74, 6) is 0. The molecule has 23 heavy (non-hydrogen) atoms. The molecule has 4 heteroatoms. The molecule has 0 saturated heterocycles. The third kappa shape index (κ3) is 2.14. The van der Waals surface area contributed by atoms with E-state index in [-0.39, 0.29) is 0 Å². The first-order chi connectivity index (χ1) is 11.1. The van der Waals surface area contributed by atoms with Crippen LogP contribution in [-0.2, 0) is 9.84 Å². The summed E-state index contributed by atoms with van der Waals surface area (Å²) in [5.41, 5.74) is 2.64. The van der Waals surface area contributed by atoms with Gasteiger partial charge in [0.2, 0.25) is 9.84 Å². The molecule has 4 aromatic rings. The van der Waals surface area contributed by atoms with Crippen LogP contribution in [0.4, 0.5) is 0 Å². The van der Waals surface area contributed by atoms with Crippen molar-refractivity contribution in [1.29, 1.82) is 0 Å². The summed E-state index contributed by atoms with van der Waals surface area (Å²) in [7, 11) is -3.56. The SMILES string of the molecule is Cc1ccc(S(=O)(=O)c2cccc3c2[nH]c2ccccc23)cc1. The molecule has 0 fully saturated rings. The minimum absolute atomic E-state index is 0.314. The fraction of sp³-hybridized carbons (Fsp3) is 0.0526. The summed E-state index contributed by atoms with van der Waals surface area (Å²) in [6, 6.07) is 20.2. The minimum atomic E-state index is -3.56. The van der Waals surface area contributed by atoms with Gasteiger partial charge in [0.1, 0.15) is 0 Å². The molecule has 3 aromatic carbocycles. The normalized spacial score (nSPS) is 12.0. The number of nitrogens with one attached hydrogen (secondary N) is 1. The topological polar surface area (TPSA) is 49.9 Å². The van der Waals surface area contributed by atoms with Crippen molar-refractivity contribution in [2.24, 2.45) is 0 Å². The third-order valence-electron chi connectivity index (χ3n) is 4.12. The van der Waals surface area contributed by atoms with Gasteiger partial charge in [0.15, 0.2) is 0 Å². The molecular weight excluding hydrogens is 306 g/mol. The lowest BCUT2D eigenvalue weighted by molar-refractivity contribution is 0.597. The number of aryl methyl sites for hydroxylation is 1. The maximum atomic E-state index is 13.0. The van der Waals surface area contributed by atoms with Gasteiger partial charge in [-0.05, 0) is 31.2 Å². The average molecular weight is 321 g/mol. The fourth-order valence-corrected chi connectivity index (χ4v) is 4.35. The van der Waals surface area contributed by atoms with Gasteiger partial charge in [0.25, 0.3) is 0 Å². The van der Waals surface area contributed by atoms with Gasteiger partial charge in [-0.25, -0.2) is 8.42 Å². The summed E-state index contributed by atoms with van der Waals surface area (Å²) < 4.78 is 26.0. The number of fused-ring (bicyclic) bond motifs is 3. The van der Waals surface area contributed by atoms with Gasteiger partial charge in [-0.1, -0.05) is 48.0 Å². The van der Waals surface area contributed by atoms with E-state index in [1.807, 2.05) is 49.4 Å². The fourth-order valence-electron chi connectivity index (χ4n) is 2.91. The van der Waals surface area contributed by atoms with Crippen LogP contribution in [0.1, 0.15) is 5.56 Å². The molecule has 0 bridgehead atoms. The Balaban J connectivity index is 2.03. The zero-order valence-corrected chi connectivity index (χ0v) is 13.4. The molecule has 0 amide bonds. The molecule has 1 N–H and O–H groups in total. The van der Waals surface area contributed by atoms with Gasteiger partial charge in [0.05, 0.1) is 15.3 Å². The Kier molecular flexibility index (Phi) is 3.03. The van der Waals surface area contributed by atoms with E-state index in [9.17, 15) is 8.42 Å². The second-order valence-electron chi connectivity index (χ2n) is 5.67.